The fourth-order valence-corrected chi connectivity index (χ4v) is 1.68. The molecule has 96 valence electrons. The van der Waals surface area contributed by atoms with Gasteiger partial charge >= 0.3 is 0 Å². The lowest BCUT2D eigenvalue weighted by Gasteiger charge is -2.27. The van der Waals surface area contributed by atoms with Gasteiger partial charge in [0.1, 0.15) is 12.4 Å². The lowest BCUT2D eigenvalue weighted by atomic mass is 10.1. The van der Waals surface area contributed by atoms with Crippen molar-refractivity contribution in [2.75, 3.05) is 13.2 Å². The zero-order chi connectivity index (χ0) is 12.6. The molecule has 0 radical (unpaired) electrons. The molecule has 1 aliphatic rings. The summed E-state index contributed by atoms with van der Waals surface area (Å²) in [6.07, 6.45) is 8.02. The Morgan fingerprint density at radius 1 is 1.50 bits per heavy atom. The first-order chi connectivity index (χ1) is 8.88. The van der Waals surface area contributed by atoms with E-state index in [1.54, 1.807) is 12.4 Å². The molecule has 1 saturated heterocycles. The predicted octanol–water partition coefficient (Wildman–Crippen LogP) is 2.36. The Kier molecular flexibility index (Phi) is 5.04. The minimum atomic E-state index is 0.504. The standard InChI is InChI=1S/C15H20N2O/c1-2-3-4-5-6-13-9-15(11-16-10-13)18-12-14-7-8-17-14/h9-11,14,17H,2-4,7-8,12H2,1H3. The van der Waals surface area contributed by atoms with E-state index < -0.39 is 0 Å². The van der Waals surface area contributed by atoms with Gasteiger partial charge in [0, 0.05) is 24.2 Å². The molecule has 1 unspecified atom stereocenters. The second kappa shape index (κ2) is 7.03. The molecule has 1 fully saturated rings. The molecular weight excluding hydrogens is 224 g/mol. The minimum Gasteiger partial charge on any atom is -0.490 e. The van der Waals surface area contributed by atoms with Gasteiger partial charge in [-0.1, -0.05) is 25.2 Å². The van der Waals surface area contributed by atoms with Crippen molar-refractivity contribution in [1.29, 1.82) is 0 Å². The van der Waals surface area contributed by atoms with E-state index in [1.807, 2.05) is 6.07 Å². The molecule has 3 nitrogen and oxygen atoms in total. The van der Waals surface area contributed by atoms with Crippen LogP contribution >= 0.6 is 0 Å². The zero-order valence-corrected chi connectivity index (χ0v) is 10.9. The van der Waals surface area contributed by atoms with Gasteiger partial charge in [-0.2, -0.15) is 0 Å². The number of hydrogen-bond acceptors (Lipinski definition) is 3. The van der Waals surface area contributed by atoms with Gasteiger partial charge in [-0.05, 0) is 25.5 Å². The summed E-state index contributed by atoms with van der Waals surface area (Å²) in [6.45, 7) is 4.00. The molecule has 0 aromatic carbocycles. The first-order valence-corrected chi connectivity index (χ1v) is 6.68. The monoisotopic (exact) mass is 244 g/mol. The lowest BCUT2D eigenvalue weighted by molar-refractivity contribution is 0.217. The summed E-state index contributed by atoms with van der Waals surface area (Å²) in [7, 11) is 0. The van der Waals surface area contributed by atoms with Crippen molar-refractivity contribution >= 4 is 0 Å². The van der Waals surface area contributed by atoms with E-state index >= 15 is 0 Å². The van der Waals surface area contributed by atoms with Crippen LogP contribution in [0.2, 0.25) is 0 Å². The maximum absolute atomic E-state index is 5.69. The zero-order valence-electron chi connectivity index (χ0n) is 10.9. The highest BCUT2D eigenvalue weighted by atomic mass is 16.5. The number of rotatable bonds is 5. The van der Waals surface area contributed by atoms with Gasteiger partial charge in [-0.25, -0.2) is 0 Å². The van der Waals surface area contributed by atoms with Gasteiger partial charge in [0.15, 0.2) is 0 Å². The fourth-order valence-electron chi connectivity index (χ4n) is 1.68. The molecule has 0 aliphatic carbocycles. The van der Waals surface area contributed by atoms with Gasteiger partial charge in [0.05, 0.1) is 6.20 Å². The van der Waals surface area contributed by atoms with Crippen molar-refractivity contribution in [2.45, 2.75) is 38.6 Å². The van der Waals surface area contributed by atoms with Crippen molar-refractivity contribution < 1.29 is 4.74 Å². The quantitative estimate of drug-likeness (QED) is 0.638. The number of nitrogens with one attached hydrogen (secondary N) is 1. The van der Waals surface area contributed by atoms with Crippen molar-refractivity contribution in [3.8, 4) is 17.6 Å². The molecule has 2 rings (SSSR count). The van der Waals surface area contributed by atoms with Crippen LogP contribution in [-0.2, 0) is 0 Å². The van der Waals surface area contributed by atoms with Crippen LogP contribution in [0.3, 0.4) is 0 Å². The van der Waals surface area contributed by atoms with Crippen LogP contribution in [0.15, 0.2) is 18.5 Å². The largest absolute Gasteiger partial charge is 0.490 e. The Morgan fingerprint density at radius 3 is 3.11 bits per heavy atom. The van der Waals surface area contributed by atoms with Crippen molar-refractivity contribution in [3.63, 3.8) is 0 Å². The van der Waals surface area contributed by atoms with Crippen LogP contribution in [0.5, 0.6) is 5.75 Å². The summed E-state index contributed by atoms with van der Waals surface area (Å²) < 4.78 is 5.69. The first-order valence-electron chi connectivity index (χ1n) is 6.68. The van der Waals surface area contributed by atoms with Crippen LogP contribution in [0.1, 0.15) is 38.2 Å². The van der Waals surface area contributed by atoms with E-state index in [9.17, 15) is 0 Å². The van der Waals surface area contributed by atoms with Gasteiger partial charge in [-0.3, -0.25) is 4.98 Å². The van der Waals surface area contributed by atoms with Gasteiger partial charge in [0.25, 0.3) is 0 Å². The molecule has 1 aromatic rings. The number of unbranched alkanes of at least 4 members (excludes halogenated alkanes) is 2. The number of hydrogen-bond donors (Lipinski definition) is 1. The van der Waals surface area contributed by atoms with Crippen LogP contribution in [0.25, 0.3) is 0 Å². The second-order valence-corrected chi connectivity index (χ2v) is 4.57. The third-order valence-corrected chi connectivity index (χ3v) is 2.98. The number of pyridine rings is 1. The Hall–Kier alpha value is -1.53. The van der Waals surface area contributed by atoms with E-state index in [-0.39, 0.29) is 0 Å². The molecule has 0 spiro atoms. The summed E-state index contributed by atoms with van der Waals surface area (Å²) in [4.78, 5) is 4.16. The number of aromatic nitrogens is 1. The number of nitrogens with zero attached hydrogens (tertiary/aromatic N) is 1. The van der Waals surface area contributed by atoms with E-state index in [2.05, 4.69) is 29.1 Å². The molecule has 1 aromatic heterocycles. The van der Waals surface area contributed by atoms with Crippen molar-refractivity contribution in [1.82, 2.24) is 10.3 Å². The Labute approximate surface area is 109 Å². The fraction of sp³-hybridized carbons (Fsp3) is 0.533. The molecule has 18 heavy (non-hydrogen) atoms. The molecule has 1 aliphatic heterocycles. The summed E-state index contributed by atoms with van der Waals surface area (Å²) in [5, 5.41) is 3.31. The normalized spacial score (nSPS) is 17.5. The van der Waals surface area contributed by atoms with E-state index in [0.717, 1.165) is 30.7 Å². The molecule has 0 bridgehead atoms. The topological polar surface area (TPSA) is 34.1 Å². The summed E-state index contributed by atoms with van der Waals surface area (Å²) >= 11 is 0. The summed E-state index contributed by atoms with van der Waals surface area (Å²) in [5.74, 6) is 7.10. The predicted molar refractivity (Wildman–Crippen MR) is 72.5 cm³/mol. The highest BCUT2D eigenvalue weighted by Gasteiger charge is 2.16. The average Bonchev–Trinajstić information content (AvgIpc) is 2.33. The summed E-state index contributed by atoms with van der Waals surface area (Å²) in [6, 6.07) is 2.47. The van der Waals surface area contributed by atoms with Crippen molar-refractivity contribution in [2.24, 2.45) is 0 Å². The Morgan fingerprint density at radius 2 is 2.39 bits per heavy atom. The van der Waals surface area contributed by atoms with Gasteiger partial charge < -0.3 is 10.1 Å². The third kappa shape index (κ3) is 4.05. The third-order valence-electron chi connectivity index (χ3n) is 2.98. The molecular formula is C15H20N2O. The Bertz CT molecular complexity index is 430. The van der Waals surface area contributed by atoms with Crippen molar-refractivity contribution in [3.05, 3.63) is 24.0 Å². The van der Waals surface area contributed by atoms with E-state index in [4.69, 9.17) is 4.74 Å². The van der Waals surface area contributed by atoms with Gasteiger partial charge in [-0.15, -0.1) is 0 Å². The SMILES string of the molecule is CCCCC#Cc1cncc(OCC2CCN2)c1. The first kappa shape index (κ1) is 12.9. The van der Waals surface area contributed by atoms with E-state index in [0.29, 0.717) is 12.6 Å². The van der Waals surface area contributed by atoms with Gasteiger partial charge in [0.2, 0.25) is 0 Å². The van der Waals surface area contributed by atoms with Crippen LogP contribution in [0, 0.1) is 11.8 Å². The lowest BCUT2D eigenvalue weighted by Crippen LogP contribution is -2.46. The molecule has 2 heterocycles. The highest BCUT2D eigenvalue weighted by molar-refractivity contribution is 5.36. The Balaban J connectivity index is 1.84. The number of ether oxygens (including phenoxy) is 1. The second-order valence-electron chi connectivity index (χ2n) is 4.57. The maximum Gasteiger partial charge on any atom is 0.138 e. The maximum atomic E-state index is 5.69. The molecule has 1 atom stereocenters. The van der Waals surface area contributed by atoms with Crippen LogP contribution in [0.4, 0.5) is 0 Å². The van der Waals surface area contributed by atoms with Crippen LogP contribution < -0.4 is 10.1 Å². The highest BCUT2D eigenvalue weighted by Crippen LogP contribution is 2.12. The minimum absolute atomic E-state index is 0.504. The molecule has 1 N–H and O–H groups in total. The molecule has 0 saturated carbocycles. The average molecular weight is 244 g/mol. The smallest absolute Gasteiger partial charge is 0.138 e. The summed E-state index contributed by atoms with van der Waals surface area (Å²) in [5.41, 5.74) is 0.935. The van der Waals surface area contributed by atoms with E-state index in [1.165, 1.54) is 12.8 Å². The molecule has 3 heteroatoms. The van der Waals surface area contributed by atoms with Crippen LogP contribution in [-0.4, -0.2) is 24.2 Å². The molecule has 0 amide bonds.